The minimum atomic E-state index is 0.101. The number of rotatable bonds is 3. The van der Waals surface area contributed by atoms with Crippen molar-refractivity contribution < 1.29 is 4.79 Å². The van der Waals surface area contributed by atoms with Crippen LogP contribution < -0.4 is 5.73 Å². The zero-order valence-electron chi connectivity index (χ0n) is 9.23. The van der Waals surface area contributed by atoms with E-state index in [1.54, 1.807) is 0 Å². The zero-order valence-corrected chi connectivity index (χ0v) is 9.23. The smallest absolute Gasteiger partial charge is 0.254 e. The molecule has 1 heterocycles. The van der Waals surface area contributed by atoms with Crippen LogP contribution in [0, 0.1) is 0 Å². The van der Waals surface area contributed by atoms with Gasteiger partial charge < -0.3 is 10.6 Å². The van der Waals surface area contributed by atoms with Crippen molar-refractivity contribution in [2.75, 3.05) is 19.6 Å². The quantitative estimate of drug-likeness (QED) is 0.772. The fourth-order valence-electron chi connectivity index (χ4n) is 1.81. The molecule has 0 atom stereocenters. The summed E-state index contributed by atoms with van der Waals surface area (Å²) < 4.78 is 0. The zero-order chi connectivity index (χ0) is 11.4. The van der Waals surface area contributed by atoms with Gasteiger partial charge in [-0.3, -0.25) is 4.79 Å². The van der Waals surface area contributed by atoms with Crippen LogP contribution in [-0.4, -0.2) is 30.4 Å². The maximum atomic E-state index is 12.0. The van der Waals surface area contributed by atoms with E-state index < -0.39 is 0 Å². The SMILES string of the molecule is NCCc1ccc(C(=O)N2CC=CC2)cc1. The normalized spacial score (nSPS) is 14.4. The second kappa shape index (κ2) is 4.94. The predicted molar refractivity (Wildman–Crippen MR) is 64.2 cm³/mol. The summed E-state index contributed by atoms with van der Waals surface area (Å²) in [6.45, 7) is 2.09. The Bertz CT molecular complexity index is 387. The highest BCUT2D eigenvalue weighted by Gasteiger charge is 2.15. The molecule has 0 saturated heterocycles. The summed E-state index contributed by atoms with van der Waals surface area (Å²) in [5.41, 5.74) is 7.41. The second-order valence-electron chi connectivity index (χ2n) is 3.92. The third-order valence-corrected chi connectivity index (χ3v) is 2.74. The van der Waals surface area contributed by atoms with Gasteiger partial charge in [0, 0.05) is 18.7 Å². The molecule has 0 radical (unpaired) electrons. The molecule has 16 heavy (non-hydrogen) atoms. The molecule has 0 saturated carbocycles. The lowest BCUT2D eigenvalue weighted by molar-refractivity contribution is 0.0800. The first-order chi connectivity index (χ1) is 7.81. The monoisotopic (exact) mass is 216 g/mol. The van der Waals surface area contributed by atoms with Gasteiger partial charge in [0.05, 0.1) is 0 Å². The molecule has 2 N–H and O–H groups in total. The lowest BCUT2D eigenvalue weighted by atomic mass is 10.1. The highest BCUT2D eigenvalue weighted by molar-refractivity contribution is 5.94. The van der Waals surface area contributed by atoms with E-state index in [0.717, 1.165) is 25.1 Å². The standard InChI is InChI=1S/C13H16N2O/c14-8-7-11-3-5-12(6-4-11)13(16)15-9-1-2-10-15/h1-6H,7-10,14H2. The summed E-state index contributed by atoms with van der Waals surface area (Å²) >= 11 is 0. The molecular formula is C13H16N2O. The highest BCUT2D eigenvalue weighted by Crippen LogP contribution is 2.10. The maximum absolute atomic E-state index is 12.0. The first kappa shape index (κ1) is 10.9. The fraction of sp³-hybridized carbons (Fsp3) is 0.308. The molecule has 0 fully saturated rings. The van der Waals surface area contributed by atoms with Crippen molar-refractivity contribution in [3.63, 3.8) is 0 Å². The Balaban J connectivity index is 2.06. The van der Waals surface area contributed by atoms with E-state index in [0.29, 0.717) is 6.54 Å². The Kier molecular flexibility index (Phi) is 3.37. The van der Waals surface area contributed by atoms with Crippen LogP contribution in [0.15, 0.2) is 36.4 Å². The fourth-order valence-corrected chi connectivity index (χ4v) is 1.81. The molecule has 0 aromatic heterocycles. The van der Waals surface area contributed by atoms with E-state index in [1.165, 1.54) is 5.56 Å². The van der Waals surface area contributed by atoms with Crippen LogP contribution in [0.1, 0.15) is 15.9 Å². The number of hydrogen-bond acceptors (Lipinski definition) is 2. The van der Waals surface area contributed by atoms with Crippen LogP contribution in [0.25, 0.3) is 0 Å². The predicted octanol–water partition coefficient (Wildman–Crippen LogP) is 1.20. The van der Waals surface area contributed by atoms with Crippen LogP contribution in [0.5, 0.6) is 0 Å². The number of hydrogen-bond donors (Lipinski definition) is 1. The molecular weight excluding hydrogens is 200 g/mol. The first-order valence-electron chi connectivity index (χ1n) is 5.54. The Labute approximate surface area is 95.6 Å². The lowest BCUT2D eigenvalue weighted by Gasteiger charge is -2.15. The first-order valence-corrected chi connectivity index (χ1v) is 5.54. The molecule has 3 nitrogen and oxygen atoms in total. The van der Waals surface area contributed by atoms with E-state index in [-0.39, 0.29) is 5.91 Å². The van der Waals surface area contributed by atoms with Gasteiger partial charge in [-0.05, 0) is 30.7 Å². The minimum Gasteiger partial charge on any atom is -0.331 e. The third kappa shape index (κ3) is 2.31. The minimum absolute atomic E-state index is 0.101. The molecule has 1 amide bonds. The van der Waals surface area contributed by atoms with E-state index >= 15 is 0 Å². The van der Waals surface area contributed by atoms with E-state index in [2.05, 4.69) is 0 Å². The molecule has 84 valence electrons. The van der Waals surface area contributed by atoms with Crippen LogP contribution in [0.2, 0.25) is 0 Å². The number of nitrogens with two attached hydrogens (primary N) is 1. The Morgan fingerprint density at radius 3 is 2.38 bits per heavy atom. The van der Waals surface area contributed by atoms with Gasteiger partial charge in [0.15, 0.2) is 0 Å². The van der Waals surface area contributed by atoms with Gasteiger partial charge >= 0.3 is 0 Å². The summed E-state index contributed by atoms with van der Waals surface area (Å²) in [5, 5.41) is 0. The van der Waals surface area contributed by atoms with Gasteiger partial charge in [-0.2, -0.15) is 0 Å². The average Bonchev–Trinajstić information content (AvgIpc) is 2.83. The van der Waals surface area contributed by atoms with Crippen molar-refractivity contribution >= 4 is 5.91 Å². The molecule has 0 aliphatic carbocycles. The summed E-state index contributed by atoms with van der Waals surface area (Å²) in [4.78, 5) is 13.8. The van der Waals surface area contributed by atoms with Gasteiger partial charge in [-0.15, -0.1) is 0 Å². The average molecular weight is 216 g/mol. The molecule has 0 bridgehead atoms. The Morgan fingerprint density at radius 1 is 1.19 bits per heavy atom. The van der Waals surface area contributed by atoms with E-state index in [4.69, 9.17) is 5.73 Å². The van der Waals surface area contributed by atoms with Crippen molar-refractivity contribution in [1.82, 2.24) is 4.90 Å². The molecule has 0 unspecified atom stereocenters. The number of amides is 1. The van der Waals surface area contributed by atoms with E-state index in [9.17, 15) is 4.79 Å². The van der Waals surface area contributed by atoms with Gasteiger partial charge in [0.1, 0.15) is 0 Å². The van der Waals surface area contributed by atoms with Crippen molar-refractivity contribution in [3.05, 3.63) is 47.5 Å². The number of benzene rings is 1. The van der Waals surface area contributed by atoms with Crippen LogP contribution in [0.3, 0.4) is 0 Å². The van der Waals surface area contributed by atoms with Crippen molar-refractivity contribution in [1.29, 1.82) is 0 Å². The Morgan fingerprint density at radius 2 is 1.81 bits per heavy atom. The van der Waals surface area contributed by atoms with Crippen LogP contribution in [-0.2, 0) is 6.42 Å². The van der Waals surface area contributed by atoms with Gasteiger partial charge in [-0.25, -0.2) is 0 Å². The third-order valence-electron chi connectivity index (χ3n) is 2.74. The molecule has 2 rings (SSSR count). The number of carbonyl (C=O) groups is 1. The molecule has 1 aliphatic heterocycles. The summed E-state index contributed by atoms with van der Waals surface area (Å²) in [6.07, 6.45) is 4.89. The Hall–Kier alpha value is -1.61. The van der Waals surface area contributed by atoms with Gasteiger partial charge in [-0.1, -0.05) is 24.3 Å². The van der Waals surface area contributed by atoms with Crippen molar-refractivity contribution in [2.45, 2.75) is 6.42 Å². The largest absolute Gasteiger partial charge is 0.331 e. The number of carbonyl (C=O) groups excluding carboxylic acids is 1. The van der Waals surface area contributed by atoms with Gasteiger partial charge in [0.2, 0.25) is 0 Å². The number of nitrogens with zero attached hydrogens (tertiary/aromatic N) is 1. The van der Waals surface area contributed by atoms with Crippen molar-refractivity contribution in [3.8, 4) is 0 Å². The molecule has 0 spiro atoms. The van der Waals surface area contributed by atoms with Gasteiger partial charge in [0.25, 0.3) is 5.91 Å². The highest BCUT2D eigenvalue weighted by atomic mass is 16.2. The topological polar surface area (TPSA) is 46.3 Å². The molecule has 1 aliphatic rings. The second-order valence-corrected chi connectivity index (χ2v) is 3.92. The molecule has 1 aromatic rings. The lowest BCUT2D eigenvalue weighted by Crippen LogP contribution is -2.28. The van der Waals surface area contributed by atoms with E-state index in [1.807, 2.05) is 41.3 Å². The van der Waals surface area contributed by atoms with Crippen LogP contribution in [0.4, 0.5) is 0 Å². The summed E-state index contributed by atoms with van der Waals surface area (Å²) in [6, 6.07) is 7.71. The summed E-state index contributed by atoms with van der Waals surface area (Å²) in [7, 11) is 0. The maximum Gasteiger partial charge on any atom is 0.254 e. The van der Waals surface area contributed by atoms with Crippen molar-refractivity contribution in [2.24, 2.45) is 5.73 Å². The summed E-state index contributed by atoms with van der Waals surface area (Å²) in [5.74, 6) is 0.101. The van der Waals surface area contributed by atoms with Crippen LogP contribution >= 0.6 is 0 Å². The molecule has 3 heteroatoms. The molecule has 1 aromatic carbocycles.